The van der Waals surface area contributed by atoms with Crippen LogP contribution in [0.2, 0.25) is 0 Å². The van der Waals surface area contributed by atoms with Crippen molar-refractivity contribution >= 4 is 0 Å². The number of nitrogens with zero attached hydrogens (tertiary/aromatic N) is 1. The summed E-state index contributed by atoms with van der Waals surface area (Å²) < 4.78 is 13.7. The molecule has 0 aliphatic heterocycles. The molecule has 0 bridgehead atoms. The van der Waals surface area contributed by atoms with E-state index in [1.165, 1.54) is 11.6 Å². The molecule has 1 atom stereocenters. The maximum atomic E-state index is 13.7. The second-order valence-electron chi connectivity index (χ2n) is 5.01. The third kappa shape index (κ3) is 3.57. The molecule has 1 aromatic carbocycles. The zero-order valence-corrected chi connectivity index (χ0v) is 11.8. The molecule has 4 nitrogen and oxygen atoms in total. The van der Waals surface area contributed by atoms with Gasteiger partial charge in [0.2, 0.25) is 0 Å². The zero-order chi connectivity index (χ0) is 14.5. The van der Waals surface area contributed by atoms with Crippen LogP contribution in [-0.2, 0) is 6.42 Å². The molecule has 5 heteroatoms. The number of aryl methyl sites for hydroxylation is 2. The number of rotatable bonds is 6. The van der Waals surface area contributed by atoms with Gasteiger partial charge in [0.15, 0.2) is 0 Å². The molecule has 1 unspecified atom stereocenters. The Bertz CT molecular complexity index is 568. The highest BCUT2D eigenvalue weighted by Gasteiger charge is 2.10. The lowest BCUT2D eigenvalue weighted by Crippen LogP contribution is -2.21. The van der Waals surface area contributed by atoms with Crippen LogP contribution >= 0.6 is 0 Å². The van der Waals surface area contributed by atoms with E-state index in [-0.39, 0.29) is 17.6 Å². The molecule has 0 aliphatic rings. The van der Waals surface area contributed by atoms with Gasteiger partial charge in [-0.3, -0.25) is 5.10 Å². The first-order chi connectivity index (χ1) is 9.58. The summed E-state index contributed by atoms with van der Waals surface area (Å²) in [6.45, 7) is 4.72. The largest absolute Gasteiger partial charge is 0.508 e. The van der Waals surface area contributed by atoms with E-state index in [2.05, 4.69) is 15.5 Å². The number of H-pyrrole nitrogens is 1. The maximum Gasteiger partial charge on any atom is 0.131 e. The second kappa shape index (κ2) is 6.52. The lowest BCUT2D eigenvalue weighted by molar-refractivity contribution is 0.463. The Morgan fingerprint density at radius 1 is 1.45 bits per heavy atom. The zero-order valence-electron chi connectivity index (χ0n) is 11.8. The Kier molecular flexibility index (Phi) is 4.74. The van der Waals surface area contributed by atoms with Crippen LogP contribution in [-0.4, -0.2) is 21.8 Å². The van der Waals surface area contributed by atoms with Crippen LogP contribution in [0, 0.1) is 12.7 Å². The van der Waals surface area contributed by atoms with Gasteiger partial charge in [-0.2, -0.15) is 5.10 Å². The molecule has 2 rings (SSSR count). The third-order valence-electron chi connectivity index (χ3n) is 3.46. The SMILES string of the molecule is Cc1[nH]ncc1CCCNC(C)c1ccc(O)cc1F. The van der Waals surface area contributed by atoms with Gasteiger partial charge in [-0.1, -0.05) is 6.07 Å². The first-order valence-electron chi connectivity index (χ1n) is 6.78. The quantitative estimate of drug-likeness (QED) is 0.712. The van der Waals surface area contributed by atoms with Crippen molar-refractivity contribution in [3.05, 3.63) is 47.0 Å². The van der Waals surface area contributed by atoms with Crippen LogP contribution in [0.1, 0.15) is 36.2 Å². The number of aromatic hydroxyl groups is 1. The minimum Gasteiger partial charge on any atom is -0.508 e. The number of hydrogen-bond acceptors (Lipinski definition) is 3. The molecule has 0 saturated heterocycles. The van der Waals surface area contributed by atoms with E-state index in [4.69, 9.17) is 0 Å². The molecule has 0 amide bonds. The summed E-state index contributed by atoms with van der Waals surface area (Å²) in [7, 11) is 0. The van der Waals surface area contributed by atoms with Crippen molar-refractivity contribution in [2.45, 2.75) is 32.7 Å². The van der Waals surface area contributed by atoms with Gasteiger partial charge in [-0.15, -0.1) is 0 Å². The smallest absolute Gasteiger partial charge is 0.131 e. The molecule has 0 radical (unpaired) electrons. The first kappa shape index (κ1) is 14.5. The van der Waals surface area contributed by atoms with E-state index in [0.717, 1.165) is 31.1 Å². The predicted octanol–water partition coefficient (Wildman–Crippen LogP) is 2.85. The second-order valence-corrected chi connectivity index (χ2v) is 5.01. The summed E-state index contributed by atoms with van der Waals surface area (Å²) in [6.07, 6.45) is 3.75. The van der Waals surface area contributed by atoms with Crippen LogP contribution < -0.4 is 5.32 Å². The summed E-state index contributed by atoms with van der Waals surface area (Å²) in [5.74, 6) is -0.426. The Morgan fingerprint density at radius 2 is 2.25 bits per heavy atom. The maximum absolute atomic E-state index is 13.7. The van der Waals surface area contributed by atoms with Crippen molar-refractivity contribution in [3.8, 4) is 5.75 Å². The van der Waals surface area contributed by atoms with E-state index >= 15 is 0 Å². The van der Waals surface area contributed by atoms with Crippen molar-refractivity contribution in [2.75, 3.05) is 6.54 Å². The molecule has 1 heterocycles. The van der Waals surface area contributed by atoms with Gasteiger partial charge in [-0.05, 0) is 44.9 Å². The fraction of sp³-hybridized carbons (Fsp3) is 0.400. The fourth-order valence-electron chi connectivity index (χ4n) is 2.20. The van der Waals surface area contributed by atoms with Crippen molar-refractivity contribution in [3.63, 3.8) is 0 Å². The number of benzene rings is 1. The molecule has 108 valence electrons. The topological polar surface area (TPSA) is 60.9 Å². The third-order valence-corrected chi connectivity index (χ3v) is 3.46. The summed E-state index contributed by atoms with van der Waals surface area (Å²) in [6, 6.07) is 4.18. The number of aromatic amines is 1. The molecular formula is C15H20FN3O. The van der Waals surface area contributed by atoms with Gasteiger partial charge in [0.05, 0.1) is 6.20 Å². The number of aromatic nitrogens is 2. The first-order valence-corrected chi connectivity index (χ1v) is 6.78. The van der Waals surface area contributed by atoms with E-state index in [1.54, 1.807) is 6.07 Å². The number of halogens is 1. The van der Waals surface area contributed by atoms with Gasteiger partial charge < -0.3 is 10.4 Å². The van der Waals surface area contributed by atoms with Crippen LogP contribution in [0.5, 0.6) is 5.75 Å². The number of phenolic OH excluding ortho intramolecular Hbond substituents is 1. The molecule has 2 aromatic rings. The number of hydrogen-bond donors (Lipinski definition) is 3. The Balaban J connectivity index is 1.80. The highest BCUT2D eigenvalue weighted by molar-refractivity contribution is 5.29. The minimum absolute atomic E-state index is 0.0473. The number of nitrogens with one attached hydrogen (secondary N) is 2. The van der Waals surface area contributed by atoms with Gasteiger partial charge >= 0.3 is 0 Å². The van der Waals surface area contributed by atoms with E-state index in [1.807, 2.05) is 20.0 Å². The predicted molar refractivity (Wildman–Crippen MR) is 76.1 cm³/mol. The average molecular weight is 277 g/mol. The van der Waals surface area contributed by atoms with Crippen LogP contribution in [0.4, 0.5) is 4.39 Å². The summed E-state index contributed by atoms with van der Waals surface area (Å²) >= 11 is 0. The minimum atomic E-state index is -0.379. The monoisotopic (exact) mass is 277 g/mol. The standard InChI is InChI=1S/C15H20FN3O/c1-10-12(9-18-19-10)4-3-7-17-11(2)14-6-5-13(20)8-15(14)16/h5-6,8-9,11,17,20H,3-4,7H2,1-2H3,(H,18,19). The highest BCUT2D eigenvalue weighted by Crippen LogP contribution is 2.20. The Morgan fingerprint density at radius 3 is 2.90 bits per heavy atom. The van der Waals surface area contributed by atoms with Gasteiger partial charge in [0, 0.05) is 23.4 Å². The van der Waals surface area contributed by atoms with Crippen LogP contribution in [0.3, 0.4) is 0 Å². The molecular weight excluding hydrogens is 257 g/mol. The lowest BCUT2D eigenvalue weighted by atomic mass is 10.1. The Labute approximate surface area is 118 Å². The molecule has 0 fully saturated rings. The van der Waals surface area contributed by atoms with Crippen molar-refractivity contribution in [1.82, 2.24) is 15.5 Å². The van der Waals surface area contributed by atoms with Gasteiger partial charge in [-0.25, -0.2) is 4.39 Å². The molecule has 0 spiro atoms. The lowest BCUT2D eigenvalue weighted by Gasteiger charge is -2.15. The van der Waals surface area contributed by atoms with Crippen LogP contribution in [0.25, 0.3) is 0 Å². The number of phenols is 1. The molecule has 20 heavy (non-hydrogen) atoms. The van der Waals surface area contributed by atoms with Crippen molar-refractivity contribution in [1.29, 1.82) is 0 Å². The van der Waals surface area contributed by atoms with E-state index < -0.39 is 0 Å². The average Bonchev–Trinajstić information content (AvgIpc) is 2.80. The fourth-order valence-corrected chi connectivity index (χ4v) is 2.20. The summed E-state index contributed by atoms with van der Waals surface area (Å²) in [4.78, 5) is 0. The molecule has 0 aliphatic carbocycles. The highest BCUT2D eigenvalue weighted by atomic mass is 19.1. The van der Waals surface area contributed by atoms with E-state index in [0.29, 0.717) is 5.56 Å². The molecule has 3 N–H and O–H groups in total. The summed E-state index contributed by atoms with van der Waals surface area (Å²) in [5, 5.41) is 19.4. The molecule has 0 saturated carbocycles. The Hall–Kier alpha value is -1.88. The van der Waals surface area contributed by atoms with Gasteiger partial charge in [0.25, 0.3) is 0 Å². The van der Waals surface area contributed by atoms with Gasteiger partial charge in [0.1, 0.15) is 11.6 Å². The normalized spacial score (nSPS) is 12.6. The summed E-state index contributed by atoms with van der Waals surface area (Å²) in [5.41, 5.74) is 2.89. The van der Waals surface area contributed by atoms with Crippen molar-refractivity contribution < 1.29 is 9.50 Å². The van der Waals surface area contributed by atoms with Crippen LogP contribution in [0.15, 0.2) is 24.4 Å². The molecule has 1 aromatic heterocycles. The van der Waals surface area contributed by atoms with E-state index in [9.17, 15) is 9.50 Å². The van der Waals surface area contributed by atoms with Crippen molar-refractivity contribution in [2.24, 2.45) is 0 Å².